The second kappa shape index (κ2) is 6.71. The lowest BCUT2D eigenvalue weighted by Gasteiger charge is -2.17. The van der Waals surface area contributed by atoms with E-state index >= 15 is 0 Å². The van der Waals surface area contributed by atoms with Gasteiger partial charge in [-0.15, -0.1) is 0 Å². The molecule has 0 aliphatic heterocycles. The summed E-state index contributed by atoms with van der Waals surface area (Å²) in [4.78, 5) is 14.1. The monoisotopic (exact) mass is 312 g/mol. The maximum atomic E-state index is 12.2. The van der Waals surface area contributed by atoms with Gasteiger partial charge in [0.15, 0.2) is 0 Å². The summed E-state index contributed by atoms with van der Waals surface area (Å²) in [5.74, 6) is 1.55. The summed E-state index contributed by atoms with van der Waals surface area (Å²) in [7, 11) is 1.88. The number of benzene rings is 1. The molecule has 23 heavy (non-hydrogen) atoms. The largest absolute Gasteiger partial charge is 0.468 e. The van der Waals surface area contributed by atoms with Crippen molar-refractivity contribution in [3.05, 3.63) is 60.2 Å². The number of likely N-dealkylation sites (N-methyl/N-ethyl adjacent to an activating group) is 1. The van der Waals surface area contributed by atoms with E-state index in [1.54, 1.807) is 6.26 Å². The lowest BCUT2D eigenvalue weighted by atomic mass is 10.2. The lowest BCUT2D eigenvalue weighted by Crippen LogP contribution is -2.36. The van der Waals surface area contributed by atoms with Crippen LogP contribution in [0, 0.1) is 0 Å². The fraction of sp³-hybridized carbons (Fsp3) is 0.278. The number of para-hydroxylation sites is 1. The quantitative estimate of drug-likeness (QED) is 0.758. The smallest absolute Gasteiger partial charge is 0.234 e. The maximum Gasteiger partial charge on any atom is 0.234 e. The van der Waals surface area contributed by atoms with E-state index in [0.29, 0.717) is 13.1 Å². The highest BCUT2D eigenvalue weighted by molar-refractivity contribution is 5.80. The molecule has 3 rings (SSSR count). The molecule has 2 heterocycles. The SMILES string of the molecule is C[C@H](NC(=O)CN(C)Cc1ccco1)c1cc2ccccc2o1. The van der Waals surface area contributed by atoms with Crippen molar-refractivity contribution in [3.8, 4) is 0 Å². The van der Waals surface area contributed by atoms with Crippen LogP contribution in [0.15, 0.2) is 57.6 Å². The molecule has 1 atom stereocenters. The highest BCUT2D eigenvalue weighted by Crippen LogP contribution is 2.23. The Morgan fingerprint density at radius 1 is 1.26 bits per heavy atom. The van der Waals surface area contributed by atoms with Crippen LogP contribution in [0.5, 0.6) is 0 Å². The molecule has 1 N–H and O–H groups in total. The Bertz CT molecular complexity index is 744. The van der Waals surface area contributed by atoms with Crippen molar-refractivity contribution in [2.24, 2.45) is 0 Å². The molecule has 1 amide bonds. The molecule has 0 unspecified atom stereocenters. The Labute approximate surface area is 134 Å². The van der Waals surface area contributed by atoms with E-state index in [0.717, 1.165) is 22.5 Å². The van der Waals surface area contributed by atoms with Crippen LogP contribution in [0.4, 0.5) is 0 Å². The van der Waals surface area contributed by atoms with Crippen molar-refractivity contribution >= 4 is 16.9 Å². The van der Waals surface area contributed by atoms with Gasteiger partial charge in [-0.05, 0) is 38.2 Å². The second-order valence-corrected chi connectivity index (χ2v) is 5.73. The third kappa shape index (κ3) is 3.81. The Balaban J connectivity index is 1.56. The lowest BCUT2D eigenvalue weighted by molar-refractivity contribution is -0.122. The molecule has 3 aromatic rings. The number of hydrogen-bond donors (Lipinski definition) is 1. The number of fused-ring (bicyclic) bond motifs is 1. The highest BCUT2D eigenvalue weighted by Gasteiger charge is 2.15. The molecule has 1 aromatic carbocycles. The molecular weight excluding hydrogens is 292 g/mol. The predicted molar refractivity (Wildman–Crippen MR) is 87.8 cm³/mol. The fourth-order valence-corrected chi connectivity index (χ4v) is 2.54. The van der Waals surface area contributed by atoms with E-state index in [9.17, 15) is 4.79 Å². The predicted octanol–water partition coefficient (Wildman–Crippen LogP) is 3.34. The first-order valence-corrected chi connectivity index (χ1v) is 7.60. The van der Waals surface area contributed by atoms with Gasteiger partial charge in [-0.2, -0.15) is 0 Å². The maximum absolute atomic E-state index is 12.2. The first kappa shape index (κ1) is 15.4. The second-order valence-electron chi connectivity index (χ2n) is 5.73. The summed E-state index contributed by atoms with van der Waals surface area (Å²) in [6, 6.07) is 13.3. The van der Waals surface area contributed by atoms with Gasteiger partial charge in [0.1, 0.15) is 17.1 Å². The van der Waals surface area contributed by atoms with Crippen molar-refractivity contribution < 1.29 is 13.6 Å². The van der Waals surface area contributed by atoms with Gasteiger partial charge >= 0.3 is 0 Å². The average molecular weight is 312 g/mol. The molecule has 5 nitrogen and oxygen atoms in total. The number of nitrogens with zero attached hydrogens (tertiary/aromatic N) is 1. The molecular formula is C18H20N2O3. The molecule has 0 spiro atoms. The number of nitrogens with one attached hydrogen (secondary N) is 1. The first-order chi connectivity index (χ1) is 11.1. The molecule has 0 saturated carbocycles. The van der Waals surface area contributed by atoms with Gasteiger partial charge in [-0.1, -0.05) is 18.2 Å². The van der Waals surface area contributed by atoms with E-state index in [1.807, 2.05) is 61.3 Å². The van der Waals surface area contributed by atoms with Crippen LogP contribution >= 0.6 is 0 Å². The topological polar surface area (TPSA) is 58.6 Å². The third-order valence-electron chi connectivity index (χ3n) is 3.67. The van der Waals surface area contributed by atoms with Gasteiger partial charge in [-0.25, -0.2) is 0 Å². The number of furan rings is 2. The zero-order chi connectivity index (χ0) is 16.2. The van der Waals surface area contributed by atoms with Crippen LogP contribution in [-0.2, 0) is 11.3 Å². The Morgan fingerprint density at radius 3 is 2.83 bits per heavy atom. The van der Waals surface area contributed by atoms with Crippen molar-refractivity contribution in [1.29, 1.82) is 0 Å². The Morgan fingerprint density at radius 2 is 2.09 bits per heavy atom. The first-order valence-electron chi connectivity index (χ1n) is 7.60. The van der Waals surface area contributed by atoms with Crippen LogP contribution in [0.25, 0.3) is 11.0 Å². The molecule has 5 heteroatoms. The average Bonchev–Trinajstić information content (AvgIpc) is 3.15. The van der Waals surface area contributed by atoms with E-state index in [2.05, 4.69) is 5.32 Å². The standard InChI is InChI=1S/C18H20N2O3/c1-13(17-10-14-6-3-4-8-16(14)23-17)19-18(21)12-20(2)11-15-7-5-9-22-15/h3-10,13H,11-12H2,1-2H3,(H,19,21)/t13-/m0/s1. The number of carbonyl (C=O) groups is 1. The van der Waals surface area contributed by atoms with Crippen LogP contribution < -0.4 is 5.32 Å². The van der Waals surface area contributed by atoms with Gasteiger partial charge in [0.2, 0.25) is 5.91 Å². The van der Waals surface area contributed by atoms with Crippen LogP contribution in [0.3, 0.4) is 0 Å². The summed E-state index contributed by atoms with van der Waals surface area (Å²) < 4.78 is 11.1. The van der Waals surface area contributed by atoms with Gasteiger partial charge in [0, 0.05) is 5.39 Å². The molecule has 0 aliphatic rings. The number of carbonyl (C=O) groups excluding carboxylic acids is 1. The minimum absolute atomic E-state index is 0.0491. The van der Waals surface area contributed by atoms with E-state index in [4.69, 9.17) is 8.83 Å². The van der Waals surface area contributed by atoms with Gasteiger partial charge in [0.05, 0.1) is 25.4 Å². The molecule has 2 aromatic heterocycles. The zero-order valence-corrected chi connectivity index (χ0v) is 13.3. The van der Waals surface area contributed by atoms with Crippen molar-refractivity contribution in [1.82, 2.24) is 10.2 Å². The molecule has 0 radical (unpaired) electrons. The van der Waals surface area contributed by atoms with E-state index in [-0.39, 0.29) is 11.9 Å². The summed E-state index contributed by atoms with van der Waals surface area (Å²) in [5, 5.41) is 4.00. The minimum atomic E-state index is -0.174. The van der Waals surface area contributed by atoms with Crippen molar-refractivity contribution in [2.45, 2.75) is 19.5 Å². The van der Waals surface area contributed by atoms with Crippen molar-refractivity contribution in [3.63, 3.8) is 0 Å². The van der Waals surface area contributed by atoms with Crippen LogP contribution in [0.1, 0.15) is 24.5 Å². The van der Waals surface area contributed by atoms with E-state index in [1.165, 1.54) is 0 Å². The van der Waals surface area contributed by atoms with Crippen molar-refractivity contribution in [2.75, 3.05) is 13.6 Å². The van der Waals surface area contributed by atoms with Gasteiger partial charge in [-0.3, -0.25) is 9.69 Å². The molecule has 0 fully saturated rings. The fourth-order valence-electron chi connectivity index (χ4n) is 2.54. The van der Waals surface area contributed by atoms with Gasteiger partial charge in [0.25, 0.3) is 0 Å². The van der Waals surface area contributed by atoms with Crippen LogP contribution in [0.2, 0.25) is 0 Å². The molecule has 0 aliphatic carbocycles. The Kier molecular flexibility index (Phi) is 4.48. The molecule has 120 valence electrons. The number of amides is 1. The summed E-state index contributed by atoms with van der Waals surface area (Å²) >= 11 is 0. The number of rotatable bonds is 6. The molecule has 0 saturated heterocycles. The van der Waals surface area contributed by atoms with Crippen LogP contribution in [-0.4, -0.2) is 24.4 Å². The zero-order valence-electron chi connectivity index (χ0n) is 13.3. The highest BCUT2D eigenvalue weighted by atomic mass is 16.3. The third-order valence-corrected chi connectivity index (χ3v) is 3.67. The summed E-state index contributed by atoms with van der Waals surface area (Å²) in [6.45, 7) is 2.81. The summed E-state index contributed by atoms with van der Waals surface area (Å²) in [5.41, 5.74) is 0.832. The minimum Gasteiger partial charge on any atom is -0.468 e. The normalized spacial score (nSPS) is 12.7. The Hall–Kier alpha value is -2.53. The number of hydrogen-bond acceptors (Lipinski definition) is 4. The summed E-state index contributed by atoms with van der Waals surface area (Å²) in [6.07, 6.45) is 1.63. The molecule has 0 bridgehead atoms. The van der Waals surface area contributed by atoms with Gasteiger partial charge < -0.3 is 14.2 Å². The van der Waals surface area contributed by atoms with E-state index < -0.39 is 0 Å².